The maximum atomic E-state index is 11.3. The summed E-state index contributed by atoms with van der Waals surface area (Å²) in [6, 6.07) is 15.0. The number of anilines is 1. The molecule has 0 saturated heterocycles. The van der Waals surface area contributed by atoms with Gasteiger partial charge in [0.1, 0.15) is 0 Å². The summed E-state index contributed by atoms with van der Waals surface area (Å²) in [4.78, 5) is -0.179. The van der Waals surface area contributed by atoms with Crippen molar-refractivity contribution in [2.24, 2.45) is 10.2 Å². The van der Waals surface area contributed by atoms with Gasteiger partial charge in [-0.3, -0.25) is 4.55 Å². The Bertz CT molecular complexity index is 1060. The third kappa shape index (κ3) is 3.27. The molecule has 0 heterocycles. The van der Waals surface area contributed by atoms with E-state index < -0.39 is 10.1 Å². The van der Waals surface area contributed by atoms with E-state index in [4.69, 9.17) is 5.73 Å². The predicted molar refractivity (Wildman–Crippen MR) is 93.5 cm³/mol. The van der Waals surface area contributed by atoms with Crippen LogP contribution in [0.2, 0.25) is 0 Å². The number of azo groups is 1. The molecule has 0 bridgehead atoms. The number of aryl methyl sites for hydroxylation is 1. The largest absolute Gasteiger partial charge is 0.399 e. The third-order valence-electron chi connectivity index (χ3n) is 3.61. The molecule has 3 aromatic carbocycles. The van der Waals surface area contributed by atoms with Crippen molar-refractivity contribution in [3.05, 3.63) is 60.2 Å². The van der Waals surface area contributed by atoms with E-state index in [9.17, 15) is 13.0 Å². The highest BCUT2D eigenvalue weighted by atomic mass is 32.2. The van der Waals surface area contributed by atoms with Gasteiger partial charge in [-0.05, 0) is 54.3 Å². The second-order valence-corrected chi connectivity index (χ2v) is 6.80. The molecular weight excluding hydrogens is 326 g/mol. The number of nitrogens with two attached hydrogens (primary N) is 1. The van der Waals surface area contributed by atoms with Gasteiger partial charge in [0.05, 0.1) is 16.3 Å². The van der Waals surface area contributed by atoms with Gasteiger partial charge in [0.2, 0.25) is 0 Å². The van der Waals surface area contributed by atoms with Crippen molar-refractivity contribution in [2.75, 3.05) is 5.73 Å². The van der Waals surface area contributed by atoms with Crippen LogP contribution in [0, 0.1) is 6.92 Å². The number of benzene rings is 3. The lowest BCUT2D eigenvalue weighted by Gasteiger charge is -2.04. The minimum atomic E-state index is -4.28. The highest BCUT2D eigenvalue weighted by Crippen LogP contribution is 2.30. The van der Waals surface area contributed by atoms with Crippen LogP contribution in [0.25, 0.3) is 10.8 Å². The molecular formula is C17H15N3O3S. The molecule has 0 radical (unpaired) electrons. The van der Waals surface area contributed by atoms with E-state index in [1.807, 2.05) is 13.0 Å². The maximum absolute atomic E-state index is 11.3. The second kappa shape index (κ2) is 6.03. The normalized spacial score (nSPS) is 12.1. The fourth-order valence-electron chi connectivity index (χ4n) is 2.38. The Balaban J connectivity index is 2.10. The van der Waals surface area contributed by atoms with Gasteiger partial charge in [-0.2, -0.15) is 13.5 Å². The monoisotopic (exact) mass is 341 g/mol. The molecule has 3 rings (SSSR count). The van der Waals surface area contributed by atoms with Crippen LogP contribution >= 0.6 is 0 Å². The molecule has 0 saturated carbocycles. The van der Waals surface area contributed by atoms with E-state index in [0.29, 0.717) is 22.4 Å². The first-order valence-electron chi connectivity index (χ1n) is 7.13. The third-order valence-corrected chi connectivity index (χ3v) is 4.46. The zero-order valence-electron chi connectivity index (χ0n) is 12.8. The van der Waals surface area contributed by atoms with Gasteiger partial charge in [-0.15, -0.1) is 5.11 Å². The van der Waals surface area contributed by atoms with Gasteiger partial charge in [0.25, 0.3) is 10.1 Å². The van der Waals surface area contributed by atoms with Crippen molar-refractivity contribution in [2.45, 2.75) is 11.8 Å². The van der Waals surface area contributed by atoms with Gasteiger partial charge in [-0.1, -0.05) is 18.2 Å². The average molecular weight is 341 g/mol. The predicted octanol–water partition coefficient (Wildman–Crippen LogP) is 4.39. The highest BCUT2D eigenvalue weighted by molar-refractivity contribution is 7.85. The number of hydrogen-bond acceptors (Lipinski definition) is 5. The summed E-state index contributed by atoms with van der Waals surface area (Å²) in [6.07, 6.45) is 0. The Labute approximate surface area is 139 Å². The topological polar surface area (TPSA) is 105 Å². The number of nitrogen functional groups attached to an aromatic ring is 1. The molecule has 6 nitrogen and oxygen atoms in total. The molecule has 3 aromatic rings. The summed E-state index contributed by atoms with van der Waals surface area (Å²) in [7, 11) is -4.28. The van der Waals surface area contributed by atoms with Gasteiger partial charge in [0, 0.05) is 11.1 Å². The molecule has 0 unspecified atom stereocenters. The Morgan fingerprint density at radius 2 is 1.71 bits per heavy atom. The van der Waals surface area contributed by atoms with Crippen LogP contribution < -0.4 is 5.73 Å². The first-order valence-corrected chi connectivity index (χ1v) is 8.57. The molecule has 7 heteroatoms. The highest BCUT2D eigenvalue weighted by Gasteiger charge is 2.11. The Morgan fingerprint density at radius 1 is 0.958 bits per heavy atom. The van der Waals surface area contributed by atoms with Crippen molar-refractivity contribution in [3.8, 4) is 0 Å². The molecule has 3 N–H and O–H groups in total. The molecule has 0 atom stereocenters. The summed E-state index contributed by atoms with van der Waals surface area (Å²) in [5.41, 5.74) is 8.43. The number of fused-ring (bicyclic) bond motifs is 1. The summed E-state index contributed by atoms with van der Waals surface area (Å²) >= 11 is 0. The molecule has 0 fully saturated rings. The van der Waals surface area contributed by atoms with E-state index in [1.165, 1.54) is 12.1 Å². The second-order valence-electron chi connectivity index (χ2n) is 5.38. The van der Waals surface area contributed by atoms with E-state index in [2.05, 4.69) is 10.2 Å². The van der Waals surface area contributed by atoms with Crippen molar-refractivity contribution in [3.63, 3.8) is 0 Å². The zero-order valence-corrected chi connectivity index (χ0v) is 13.7. The first kappa shape index (κ1) is 16.1. The molecule has 0 amide bonds. The minimum Gasteiger partial charge on any atom is -0.399 e. The lowest BCUT2D eigenvalue weighted by molar-refractivity contribution is 0.483. The van der Waals surface area contributed by atoms with E-state index in [0.717, 1.165) is 10.9 Å². The van der Waals surface area contributed by atoms with Gasteiger partial charge < -0.3 is 5.73 Å². The van der Waals surface area contributed by atoms with Crippen LogP contribution in [0.15, 0.2) is 69.7 Å². The Kier molecular flexibility index (Phi) is 4.04. The van der Waals surface area contributed by atoms with E-state index in [-0.39, 0.29) is 4.90 Å². The molecule has 0 aliphatic heterocycles. The van der Waals surface area contributed by atoms with Crippen LogP contribution in [0.1, 0.15) is 5.56 Å². The fourth-order valence-corrected chi connectivity index (χ4v) is 2.89. The molecule has 122 valence electrons. The van der Waals surface area contributed by atoms with Gasteiger partial charge in [-0.25, -0.2) is 0 Å². The van der Waals surface area contributed by atoms with Crippen molar-refractivity contribution in [1.29, 1.82) is 0 Å². The number of rotatable bonds is 3. The summed E-state index contributed by atoms with van der Waals surface area (Å²) < 4.78 is 31.9. The average Bonchev–Trinajstić information content (AvgIpc) is 2.52. The van der Waals surface area contributed by atoms with Gasteiger partial charge >= 0.3 is 0 Å². The van der Waals surface area contributed by atoms with E-state index >= 15 is 0 Å². The number of hydrogen-bond donors (Lipinski definition) is 2. The molecule has 0 aromatic heterocycles. The summed E-state index contributed by atoms with van der Waals surface area (Å²) in [5.74, 6) is 0. The van der Waals surface area contributed by atoms with Crippen molar-refractivity contribution < 1.29 is 13.0 Å². The standard InChI is InChI=1S/C17H15N3O3S/c1-11-9-13(18)6-8-16(11)19-20-17-4-2-3-12-5-7-14(10-15(12)17)24(21,22)23/h2-10H,18H2,1H3,(H,21,22,23). The maximum Gasteiger partial charge on any atom is 0.294 e. The van der Waals surface area contributed by atoms with Crippen LogP contribution in [0.3, 0.4) is 0 Å². The van der Waals surface area contributed by atoms with Crippen molar-refractivity contribution >= 4 is 38.0 Å². The van der Waals surface area contributed by atoms with Crippen LogP contribution in [-0.4, -0.2) is 13.0 Å². The minimum absolute atomic E-state index is 0.179. The SMILES string of the molecule is Cc1cc(N)ccc1N=Nc1cccc2ccc(S(=O)(=O)O)cc12. The lowest BCUT2D eigenvalue weighted by Crippen LogP contribution is -1.97. The lowest BCUT2D eigenvalue weighted by atomic mass is 10.1. The van der Waals surface area contributed by atoms with Crippen LogP contribution in [-0.2, 0) is 10.1 Å². The smallest absolute Gasteiger partial charge is 0.294 e. The molecule has 24 heavy (non-hydrogen) atoms. The van der Waals surface area contributed by atoms with Crippen LogP contribution in [0.5, 0.6) is 0 Å². The summed E-state index contributed by atoms with van der Waals surface area (Å²) in [6.45, 7) is 1.88. The Morgan fingerprint density at radius 3 is 2.42 bits per heavy atom. The Hall–Kier alpha value is -2.77. The molecule has 0 aliphatic carbocycles. The quantitative estimate of drug-likeness (QED) is 0.418. The number of nitrogens with zero attached hydrogens (tertiary/aromatic N) is 2. The van der Waals surface area contributed by atoms with Gasteiger partial charge in [0.15, 0.2) is 0 Å². The fraction of sp³-hybridized carbons (Fsp3) is 0.0588. The van der Waals surface area contributed by atoms with Crippen molar-refractivity contribution in [1.82, 2.24) is 0 Å². The zero-order chi connectivity index (χ0) is 17.3. The molecule has 0 aliphatic rings. The first-order chi connectivity index (χ1) is 11.3. The van der Waals surface area contributed by atoms with Crippen LogP contribution in [0.4, 0.5) is 17.1 Å². The van der Waals surface area contributed by atoms with E-state index in [1.54, 1.807) is 36.4 Å². The summed E-state index contributed by atoms with van der Waals surface area (Å²) in [5, 5.41) is 9.83. The molecule has 0 spiro atoms.